The van der Waals surface area contributed by atoms with Gasteiger partial charge in [-0.1, -0.05) is 67.6 Å². The highest BCUT2D eigenvalue weighted by atomic mass is 16.6. The van der Waals surface area contributed by atoms with E-state index in [1.54, 1.807) is 13.8 Å². The van der Waals surface area contributed by atoms with E-state index in [0.717, 1.165) is 16.0 Å². The number of rotatable bonds is 8. The molecule has 1 fully saturated rings. The van der Waals surface area contributed by atoms with Crippen molar-refractivity contribution in [3.63, 3.8) is 0 Å². The molecule has 1 aliphatic rings. The second-order valence-corrected chi connectivity index (χ2v) is 7.76. The maximum Gasteiger partial charge on any atom is 0.360 e. The van der Waals surface area contributed by atoms with Gasteiger partial charge < -0.3 is 14.4 Å². The largest absolute Gasteiger partial charge is 0.449 e. The van der Waals surface area contributed by atoms with Crippen LogP contribution in [0.25, 0.3) is 0 Å². The Morgan fingerprint density at radius 2 is 1.50 bits per heavy atom. The fourth-order valence-electron chi connectivity index (χ4n) is 3.76. The highest BCUT2D eigenvalue weighted by Crippen LogP contribution is 2.28. The van der Waals surface area contributed by atoms with Crippen molar-refractivity contribution >= 4 is 23.8 Å². The van der Waals surface area contributed by atoms with Gasteiger partial charge in [0.1, 0.15) is 0 Å². The molecule has 0 aliphatic carbocycles. The number of ether oxygens (including phenoxy) is 2. The van der Waals surface area contributed by atoms with Crippen molar-refractivity contribution in [3.8, 4) is 0 Å². The minimum absolute atomic E-state index is 0.0134. The summed E-state index contributed by atoms with van der Waals surface area (Å²) in [5, 5.41) is 2.49. The SMILES string of the molecule is CCN1CCN(C(=O)NC(CC)(OC)C(=O)OC(c2ccccc2)c2ccccc2)C(=O)C1=O. The lowest BCUT2D eigenvalue weighted by atomic mass is 10.0. The van der Waals surface area contributed by atoms with Gasteiger partial charge in [-0.2, -0.15) is 0 Å². The molecule has 4 amide bonds. The molecule has 0 saturated carbocycles. The van der Waals surface area contributed by atoms with Crippen LogP contribution in [-0.4, -0.2) is 66.1 Å². The van der Waals surface area contributed by atoms with Crippen LogP contribution < -0.4 is 5.32 Å². The molecule has 9 nitrogen and oxygen atoms in total. The standard InChI is InChI=1S/C25H29N3O6/c1-4-25(33-3,26-24(32)28-17-16-27(5-2)21(29)22(28)30)23(31)34-20(18-12-8-6-9-13-18)19-14-10-7-11-15-19/h6-15,20H,4-5,16-17H2,1-3H3,(H,26,32). The average Bonchev–Trinajstić information content (AvgIpc) is 2.88. The fraction of sp³-hybridized carbons (Fsp3) is 0.360. The number of benzene rings is 2. The van der Waals surface area contributed by atoms with E-state index in [9.17, 15) is 19.2 Å². The van der Waals surface area contributed by atoms with E-state index in [2.05, 4.69) is 5.32 Å². The van der Waals surface area contributed by atoms with Crippen molar-refractivity contribution < 1.29 is 28.7 Å². The van der Waals surface area contributed by atoms with Crippen molar-refractivity contribution in [1.82, 2.24) is 15.1 Å². The Morgan fingerprint density at radius 1 is 0.941 bits per heavy atom. The van der Waals surface area contributed by atoms with E-state index in [-0.39, 0.29) is 19.5 Å². The van der Waals surface area contributed by atoms with Crippen LogP contribution >= 0.6 is 0 Å². The van der Waals surface area contributed by atoms with Gasteiger partial charge in [0.05, 0.1) is 0 Å². The minimum atomic E-state index is -1.86. The van der Waals surface area contributed by atoms with Crippen molar-refractivity contribution in [2.24, 2.45) is 0 Å². The first-order valence-corrected chi connectivity index (χ1v) is 11.2. The molecule has 9 heteroatoms. The third-order valence-corrected chi connectivity index (χ3v) is 5.85. The Balaban J connectivity index is 1.84. The predicted molar refractivity (Wildman–Crippen MR) is 123 cm³/mol. The van der Waals surface area contributed by atoms with Crippen molar-refractivity contribution in [2.75, 3.05) is 26.7 Å². The molecule has 1 heterocycles. The number of hydrogen-bond acceptors (Lipinski definition) is 6. The first-order chi connectivity index (χ1) is 16.4. The summed E-state index contributed by atoms with van der Waals surface area (Å²) in [4.78, 5) is 53.1. The van der Waals surface area contributed by atoms with Crippen LogP contribution in [0.4, 0.5) is 4.79 Å². The second-order valence-electron chi connectivity index (χ2n) is 7.76. The zero-order chi connectivity index (χ0) is 24.7. The number of carbonyl (C=O) groups is 4. The molecule has 0 spiro atoms. The normalized spacial score (nSPS) is 15.8. The van der Waals surface area contributed by atoms with Crippen LogP contribution in [0.15, 0.2) is 60.7 Å². The lowest BCUT2D eigenvalue weighted by Gasteiger charge is -2.36. The lowest BCUT2D eigenvalue weighted by Crippen LogP contribution is -2.64. The van der Waals surface area contributed by atoms with Crippen molar-refractivity contribution in [1.29, 1.82) is 0 Å². The van der Waals surface area contributed by atoms with Crippen LogP contribution in [0.2, 0.25) is 0 Å². The van der Waals surface area contributed by atoms with E-state index in [1.807, 2.05) is 60.7 Å². The molecule has 1 aliphatic heterocycles. The van der Waals surface area contributed by atoms with Gasteiger partial charge in [0, 0.05) is 33.2 Å². The van der Waals surface area contributed by atoms with E-state index >= 15 is 0 Å². The Bertz CT molecular complexity index is 984. The number of urea groups is 1. The summed E-state index contributed by atoms with van der Waals surface area (Å²) in [7, 11) is 1.27. The highest BCUT2D eigenvalue weighted by molar-refractivity contribution is 6.38. The molecule has 0 radical (unpaired) electrons. The van der Waals surface area contributed by atoms with Gasteiger partial charge in [-0.15, -0.1) is 0 Å². The van der Waals surface area contributed by atoms with Crippen LogP contribution in [-0.2, 0) is 23.9 Å². The number of nitrogens with zero attached hydrogens (tertiary/aromatic N) is 2. The summed E-state index contributed by atoms with van der Waals surface area (Å²) in [5.74, 6) is -2.54. The van der Waals surface area contributed by atoms with E-state index in [1.165, 1.54) is 12.0 Å². The summed E-state index contributed by atoms with van der Waals surface area (Å²) in [5.41, 5.74) is -0.374. The van der Waals surface area contributed by atoms with E-state index in [0.29, 0.717) is 6.54 Å². The first kappa shape index (κ1) is 24.9. The molecule has 3 rings (SSSR count). The number of nitrogens with one attached hydrogen (secondary N) is 1. The number of esters is 1. The number of likely N-dealkylation sites (N-methyl/N-ethyl adjacent to an activating group) is 1. The lowest BCUT2D eigenvalue weighted by molar-refractivity contribution is -0.177. The fourth-order valence-corrected chi connectivity index (χ4v) is 3.76. The Hall–Kier alpha value is -3.72. The van der Waals surface area contributed by atoms with Crippen molar-refractivity contribution in [3.05, 3.63) is 71.8 Å². The van der Waals surface area contributed by atoms with Crippen LogP contribution in [0, 0.1) is 0 Å². The molecule has 1 N–H and O–H groups in total. The third-order valence-electron chi connectivity index (χ3n) is 5.85. The van der Waals surface area contributed by atoms with Gasteiger partial charge in [-0.05, 0) is 18.1 Å². The van der Waals surface area contributed by atoms with Gasteiger partial charge in [0.15, 0.2) is 6.10 Å². The maximum atomic E-state index is 13.4. The molecule has 1 saturated heterocycles. The minimum Gasteiger partial charge on any atom is -0.449 e. The second kappa shape index (κ2) is 10.9. The summed E-state index contributed by atoms with van der Waals surface area (Å²) >= 11 is 0. The van der Waals surface area contributed by atoms with Crippen molar-refractivity contribution in [2.45, 2.75) is 32.1 Å². The number of methoxy groups -OCH3 is 1. The zero-order valence-corrected chi connectivity index (χ0v) is 19.5. The molecule has 1 unspecified atom stereocenters. The smallest absolute Gasteiger partial charge is 0.360 e. The summed E-state index contributed by atoms with van der Waals surface area (Å²) in [6.07, 6.45) is -0.717. The molecular formula is C25H29N3O6. The summed E-state index contributed by atoms with van der Waals surface area (Å²) < 4.78 is 11.3. The molecule has 1 atom stereocenters. The highest BCUT2D eigenvalue weighted by Gasteiger charge is 2.45. The molecule has 180 valence electrons. The number of hydrogen-bond donors (Lipinski definition) is 1. The van der Waals surface area contributed by atoms with Gasteiger partial charge in [0.25, 0.3) is 0 Å². The molecular weight excluding hydrogens is 438 g/mol. The Labute approximate surface area is 198 Å². The monoisotopic (exact) mass is 467 g/mol. The molecule has 2 aromatic rings. The molecule has 0 aromatic heterocycles. The number of imide groups is 1. The average molecular weight is 468 g/mol. The number of carbonyl (C=O) groups excluding carboxylic acids is 4. The van der Waals surface area contributed by atoms with Crippen LogP contribution in [0.5, 0.6) is 0 Å². The maximum absolute atomic E-state index is 13.4. The Kier molecular flexibility index (Phi) is 8.01. The molecule has 2 aromatic carbocycles. The van der Waals surface area contributed by atoms with Crippen LogP contribution in [0.3, 0.4) is 0 Å². The van der Waals surface area contributed by atoms with E-state index < -0.39 is 35.6 Å². The number of amides is 4. The molecule has 0 bridgehead atoms. The van der Waals surface area contributed by atoms with Gasteiger partial charge >= 0.3 is 23.8 Å². The zero-order valence-electron chi connectivity index (χ0n) is 19.5. The quantitative estimate of drug-likeness (QED) is 0.363. The summed E-state index contributed by atoms with van der Waals surface area (Å²) in [6.45, 7) is 3.99. The van der Waals surface area contributed by atoms with Crippen LogP contribution in [0.1, 0.15) is 37.5 Å². The van der Waals surface area contributed by atoms with Gasteiger partial charge in [-0.25, -0.2) is 9.59 Å². The van der Waals surface area contributed by atoms with Gasteiger partial charge in [-0.3, -0.25) is 19.8 Å². The topological polar surface area (TPSA) is 105 Å². The number of piperazine rings is 1. The Morgan fingerprint density at radius 3 is 1.97 bits per heavy atom. The third kappa shape index (κ3) is 5.09. The van der Waals surface area contributed by atoms with Gasteiger partial charge in [0.2, 0.25) is 5.72 Å². The van der Waals surface area contributed by atoms with E-state index in [4.69, 9.17) is 9.47 Å². The molecule has 34 heavy (non-hydrogen) atoms. The predicted octanol–water partition coefficient (Wildman–Crippen LogP) is 2.47. The summed E-state index contributed by atoms with van der Waals surface area (Å²) in [6, 6.07) is 17.5. The first-order valence-electron chi connectivity index (χ1n) is 11.2.